The lowest BCUT2D eigenvalue weighted by molar-refractivity contribution is -0.115. The van der Waals surface area contributed by atoms with Gasteiger partial charge in [-0.3, -0.25) is 4.79 Å². The molecule has 0 bridgehead atoms. The molecule has 0 aliphatic rings. The predicted octanol–water partition coefficient (Wildman–Crippen LogP) is 1.91. The van der Waals surface area contributed by atoms with Gasteiger partial charge in [0.05, 0.1) is 10.6 Å². The minimum Gasteiger partial charge on any atom is -0.325 e. The van der Waals surface area contributed by atoms with Crippen LogP contribution in [0.2, 0.25) is 0 Å². The molecule has 2 aromatic carbocycles. The van der Waals surface area contributed by atoms with Crippen molar-refractivity contribution in [2.75, 3.05) is 5.32 Å². The molecule has 0 saturated heterocycles. The molecule has 0 aliphatic carbocycles. The Morgan fingerprint density at radius 3 is 2.48 bits per heavy atom. The van der Waals surface area contributed by atoms with E-state index in [0.29, 0.717) is 5.69 Å². The first-order valence-electron chi connectivity index (χ1n) is 7.93. The van der Waals surface area contributed by atoms with Gasteiger partial charge in [-0.1, -0.05) is 0 Å². The SMILES string of the molecule is Cc1cc(NC(=O)C(C)S(=O)(=O)c2ccc(F)cc2)ccc1-n1cnnn1. The molecule has 0 spiro atoms. The molecule has 27 heavy (non-hydrogen) atoms. The van der Waals surface area contributed by atoms with Crippen molar-refractivity contribution in [2.24, 2.45) is 0 Å². The number of rotatable bonds is 5. The zero-order chi connectivity index (χ0) is 19.6. The normalized spacial score (nSPS) is 12.6. The van der Waals surface area contributed by atoms with Crippen LogP contribution in [0.25, 0.3) is 5.69 Å². The Morgan fingerprint density at radius 2 is 1.89 bits per heavy atom. The first-order chi connectivity index (χ1) is 12.8. The maximum absolute atomic E-state index is 13.0. The number of tetrazole rings is 1. The summed E-state index contributed by atoms with van der Waals surface area (Å²) in [5, 5.41) is 12.2. The van der Waals surface area contributed by atoms with Crippen LogP contribution < -0.4 is 5.32 Å². The fraction of sp³-hybridized carbons (Fsp3) is 0.176. The van der Waals surface area contributed by atoms with Crippen LogP contribution in [0.5, 0.6) is 0 Å². The molecule has 1 amide bonds. The van der Waals surface area contributed by atoms with Crippen LogP contribution in [-0.4, -0.2) is 39.8 Å². The maximum Gasteiger partial charge on any atom is 0.242 e. The Morgan fingerprint density at radius 1 is 1.19 bits per heavy atom. The van der Waals surface area contributed by atoms with Crippen molar-refractivity contribution in [3.63, 3.8) is 0 Å². The van der Waals surface area contributed by atoms with Crippen LogP contribution in [0.4, 0.5) is 10.1 Å². The molecule has 1 heterocycles. The molecule has 1 unspecified atom stereocenters. The highest BCUT2D eigenvalue weighted by Crippen LogP contribution is 2.21. The summed E-state index contributed by atoms with van der Waals surface area (Å²) in [6, 6.07) is 9.38. The molecular formula is C17H16FN5O3S. The Bertz CT molecular complexity index is 1070. The largest absolute Gasteiger partial charge is 0.325 e. The molecular weight excluding hydrogens is 373 g/mol. The molecule has 140 valence electrons. The minimum absolute atomic E-state index is 0.114. The number of anilines is 1. The van der Waals surface area contributed by atoms with Gasteiger partial charge >= 0.3 is 0 Å². The third kappa shape index (κ3) is 3.85. The average molecular weight is 389 g/mol. The zero-order valence-electron chi connectivity index (χ0n) is 14.5. The van der Waals surface area contributed by atoms with Crippen LogP contribution in [-0.2, 0) is 14.6 Å². The van der Waals surface area contributed by atoms with Gasteiger partial charge in [0, 0.05) is 5.69 Å². The molecule has 0 aliphatic heterocycles. The van der Waals surface area contributed by atoms with E-state index in [0.717, 1.165) is 35.5 Å². The van der Waals surface area contributed by atoms with Crippen molar-refractivity contribution in [1.82, 2.24) is 20.2 Å². The van der Waals surface area contributed by atoms with E-state index in [1.807, 2.05) is 6.92 Å². The van der Waals surface area contributed by atoms with Crippen LogP contribution in [0.1, 0.15) is 12.5 Å². The molecule has 1 N–H and O–H groups in total. The third-order valence-corrected chi connectivity index (χ3v) is 6.11. The van der Waals surface area contributed by atoms with Gasteiger partial charge in [-0.25, -0.2) is 17.5 Å². The quantitative estimate of drug-likeness (QED) is 0.668. The predicted molar refractivity (Wildman–Crippen MR) is 95.6 cm³/mol. The number of amides is 1. The van der Waals surface area contributed by atoms with Gasteiger partial charge in [-0.2, -0.15) is 0 Å². The molecule has 0 saturated carbocycles. The van der Waals surface area contributed by atoms with Gasteiger partial charge in [-0.15, -0.1) is 5.10 Å². The Hall–Kier alpha value is -3.14. The van der Waals surface area contributed by atoms with Gasteiger partial charge in [0.1, 0.15) is 17.4 Å². The topological polar surface area (TPSA) is 107 Å². The first kappa shape index (κ1) is 18.6. The highest BCUT2D eigenvalue weighted by atomic mass is 32.2. The number of nitrogens with one attached hydrogen (secondary N) is 1. The van der Waals surface area contributed by atoms with Crippen LogP contribution in [0, 0.1) is 12.7 Å². The van der Waals surface area contributed by atoms with E-state index in [1.165, 1.54) is 17.9 Å². The first-order valence-corrected chi connectivity index (χ1v) is 9.48. The number of sulfone groups is 1. The van der Waals surface area contributed by atoms with Crippen molar-refractivity contribution in [2.45, 2.75) is 24.0 Å². The Balaban J connectivity index is 1.78. The Labute approximate surface area is 154 Å². The lowest BCUT2D eigenvalue weighted by Crippen LogP contribution is -2.32. The molecule has 3 aromatic rings. The number of hydrogen-bond donors (Lipinski definition) is 1. The van der Waals surface area contributed by atoms with E-state index >= 15 is 0 Å². The zero-order valence-corrected chi connectivity index (χ0v) is 15.3. The van der Waals surface area contributed by atoms with Crippen LogP contribution >= 0.6 is 0 Å². The van der Waals surface area contributed by atoms with Gasteiger partial charge in [0.2, 0.25) is 5.91 Å². The number of halogens is 1. The molecule has 0 radical (unpaired) electrons. The van der Waals surface area contributed by atoms with Crippen LogP contribution in [0.15, 0.2) is 53.7 Å². The van der Waals surface area contributed by atoms with Gasteiger partial charge in [0.25, 0.3) is 0 Å². The van der Waals surface area contributed by atoms with E-state index in [1.54, 1.807) is 18.2 Å². The summed E-state index contributed by atoms with van der Waals surface area (Å²) in [6.45, 7) is 3.10. The summed E-state index contributed by atoms with van der Waals surface area (Å²) < 4.78 is 39.6. The van der Waals surface area contributed by atoms with E-state index < -0.39 is 26.8 Å². The molecule has 10 heteroatoms. The van der Waals surface area contributed by atoms with Crippen molar-refractivity contribution < 1.29 is 17.6 Å². The summed E-state index contributed by atoms with van der Waals surface area (Å²) in [7, 11) is -3.94. The third-order valence-electron chi connectivity index (χ3n) is 4.04. The molecule has 1 atom stereocenters. The highest BCUT2D eigenvalue weighted by molar-refractivity contribution is 7.92. The van der Waals surface area contributed by atoms with E-state index in [-0.39, 0.29) is 4.90 Å². The maximum atomic E-state index is 13.0. The lowest BCUT2D eigenvalue weighted by atomic mass is 10.1. The summed E-state index contributed by atoms with van der Waals surface area (Å²) in [5.41, 5.74) is 1.95. The van der Waals surface area contributed by atoms with Gasteiger partial charge in [-0.05, 0) is 72.3 Å². The molecule has 1 aromatic heterocycles. The lowest BCUT2D eigenvalue weighted by Gasteiger charge is -2.14. The monoisotopic (exact) mass is 389 g/mol. The summed E-state index contributed by atoms with van der Waals surface area (Å²) >= 11 is 0. The number of benzene rings is 2. The summed E-state index contributed by atoms with van der Waals surface area (Å²) in [4.78, 5) is 12.3. The number of aryl methyl sites for hydroxylation is 1. The van der Waals surface area contributed by atoms with Gasteiger partial charge < -0.3 is 5.32 Å². The number of carbonyl (C=O) groups is 1. The van der Waals surface area contributed by atoms with Crippen molar-refractivity contribution in [1.29, 1.82) is 0 Å². The average Bonchev–Trinajstić information content (AvgIpc) is 3.16. The smallest absolute Gasteiger partial charge is 0.242 e. The van der Waals surface area contributed by atoms with Crippen molar-refractivity contribution in [3.05, 3.63) is 60.2 Å². The second-order valence-electron chi connectivity index (χ2n) is 5.89. The molecule has 3 rings (SSSR count). The molecule has 0 fully saturated rings. The van der Waals surface area contributed by atoms with E-state index in [4.69, 9.17) is 0 Å². The molecule has 8 nitrogen and oxygen atoms in total. The highest BCUT2D eigenvalue weighted by Gasteiger charge is 2.30. The van der Waals surface area contributed by atoms with Gasteiger partial charge in [0.15, 0.2) is 9.84 Å². The van der Waals surface area contributed by atoms with Crippen LogP contribution in [0.3, 0.4) is 0 Å². The second-order valence-corrected chi connectivity index (χ2v) is 8.15. The number of aromatic nitrogens is 4. The van der Waals surface area contributed by atoms with Crippen molar-refractivity contribution >= 4 is 21.4 Å². The number of hydrogen-bond acceptors (Lipinski definition) is 6. The summed E-state index contributed by atoms with van der Waals surface area (Å²) in [6.07, 6.45) is 1.44. The number of nitrogens with zero attached hydrogens (tertiary/aromatic N) is 4. The number of carbonyl (C=O) groups excluding carboxylic acids is 1. The standard InChI is InChI=1S/C17H16FN5O3S/c1-11-9-14(5-8-16(11)23-10-19-21-22-23)20-17(24)12(2)27(25,26)15-6-3-13(18)4-7-15/h3-10,12H,1-2H3,(H,20,24). The fourth-order valence-electron chi connectivity index (χ4n) is 2.48. The van der Waals surface area contributed by atoms with Crippen molar-refractivity contribution in [3.8, 4) is 5.69 Å². The van der Waals surface area contributed by atoms with E-state index in [9.17, 15) is 17.6 Å². The minimum atomic E-state index is -3.94. The van der Waals surface area contributed by atoms with E-state index in [2.05, 4.69) is 20.8 Å². The second kappa shape index (κ2) is 7.23. The fourth-order valence-corrected chi connectivity index (χ4v) is 3.74. The Kier molecular flexibility index (Phi) is 5.00. The summed E-state index contributed by atoms with van der Waals surface area (Å²) in [5.74, 6) is -1.24.